The summed E-state index contributed by atoms with van der Waals surface area (Å²) in [5.41, 5.74) is 3.46. The number of hydrogen-bond donors (Lipinski definition) is 1. The average molecular weight is 338 g/mol. The second-order valence-electron chi connectivity index (χ2n) is 6.50. The molecule has 1 heterocycles. The molecule has 1 aliphatic heterocycles. The van der Waals surface area contributed by atoms with Crippen molar-refractivity contribution in [3.8, 4) is 16.9 Å². The normalized spacial score (nSPS) is 15.8. The molecule has 1 fully saturated rings. The van der Waals surface area contributed by atoms with E-state index in [0.29, 0.717) is 6.04 Å². The molecule has 0 aromatic heterocycles. The number of amides is 1. The fourth-order valence-electron chi connectivity index (χ4n) is 3.35. The first kappa shape index (κ1) is 17.5. The zero-order valence-corrected chi connectivity index (χ0v) is 15.0. The number of para-hydroxylation sites is 1. The lowest BCUT2D eigenvalue weighted by atomic mass is 9.99. The fraction of sp³-hybridized carbons (Fsp3) is 0.381. The van der Waals surface area contributed by atoms with Gasteiger partial charge in [0.1, 0.15) is 5.75 Å². The topological polar surface area (TPSA) is 41.6 Å². The third-order valence-electron chi connectivity index (χ3n) is 4.89. The van der Waals surface area contributed by atoms with E-state index in [9.17, 15) is 4.79 Å². The first-order valence-electron chi connectivity index (χ1n) is 8.96. The average Bonchev–Trinajstić information content (AvgIpc) is 3.20. The number of nitrogens with zero attached hydrogens (tertiary/aromatic N) is 1. The summed E-state index contributed by atoms with van der Waals surface area (Å²) >= 11 is 0. The van der Waals surface area contributed by atoms with Crippen LogP contribution in [0, 0.1) is 0 Å². The molecule has 25 heavy (non-hydrogen) atoms. The molecule has 1 saturated heterocycles. The van der Waals surface area contributed by atoms with E-state index in [4.69, 9.17) is 4.74 Å². The fourth-order valence-corrected chi connectivity index (χ4v) is 3.35. The monoisotopic (exact) mass is 338 g/mol. The van der Waals surface area contributed by atoms with E-state index < -0.39 is 0 Å². The lowest BCUT2D eigenvalue weighted by molar-refractivity contribution is -0.122. The molecular formula is C21H26N2O2. The van der Waals surface area contributed by atoms with Gasteiger partial charge in [-0.1, -0.05) is 36.4 Å². The van der Waals surface area contributed by atoms with E-state index in [1.807, 2.05) is 24.3 Å². The van der Waals surface area contributed by atoms with Crippen LogP contribution in [-0.2, 0) is 4.79 Å². The van der Waals surface area contributed by atoms with Crippen LogP contribution in [0.3, 0.4) is 0 Å². The lowest BCUT2D eigenvalue weighted by Crippen LogP contribution is -2.25. The van der Waals surface area contributed by atoms with E-state index in [1.165, 1.54) is 31.5 Å². The summed E-state index contributed by atoms with van der Waals surface area (Å²) in [5, 5.41) is 2.58. The van der Waals surface area contributed by atoms with E-state index in [0.717, 1.165) is 16.9 Å². The molecule has 3 rings (SSSR count). The van der Waals surface area contributed by atoms with Gasteiger partial charge in [-0.15, -0.1) is 0 Å². The van der Waals surface area contributed by atoms with Gasteiger partial charge in [0.15, 0.2) is 6.61 Å². The van der Waals surface area contributed by atoms with Crippen LogP contribution >= 0.6 is 0 Å². The third kappa shape index (κ3) is 4.20. The number of ether oxygens (including phenoxy) is 1. The maximum absolute atomic E-state index is 11.5. The highest BCUT2D eigenvalue weighted by Gasteiger charge is 2.20. The molecule has 2 aromatic carbocycles. The van der Waals surface area contributed by atoms with E-state index >= 15 is 0 Å². The molecule has 0 bridgehead atoms. The van der Waals surface area contributed by atoms with E-state index in [2.05, 4.69) is 41.4 Å². The summed E-state index contributed by atoms with van der Waals surface area (Å²) in [4.78, 5) is 14.0. The molecule has 132 valence electrons. The summed E-state index contributed by atoms with van der Waals surface area (Å²) in [5.74, 6) is 0.600. The molecule has 1 atom stereocenters. The van der Waals surface area contributed by atoms with Gasteiger partial charge in [-0.25, -0.2) is 0 Å². The SMILES string of the molecule is CNC(=O)COc1ccccc1-c1cccc(C(C)N2CCCC2)c1. The van der Waals surface area contributed by atoms with Gasteiger partial charge in [0, 0.05) is 18.7 Å². The second-order valence-corrected chi connectivity index (χ2v) is 6.50. The van der Waals surface area contributed by atoms with Gasteiger partial charge in [0.25, 0.3) is 5.91 Å². The Bertz CT molecular complexity index is 723. The van der Waals surface area contributed by atoms with Gasteiger partial charge in [-0.2, -0.15) is 0 Å². The number of likely N-dealkylation sites (N-methyl/N-ethyl adjacent to an activating group) is 1. The molecule has 0 spiro atoms. The third-order valence-corrected chi connectivity index (χ3v) is 4.89. The number of carbonyl (C=O) groups excluding carboxylic acids is 1. The van der Waals surface area contributed by atoms with Crippen molar-refractivity contribution in [2.75, 3.05) is 26.7 Å². The van der Waals surface area contributed by atoms with Crippen molar-refractivity contribution >= 4 is 5.91 Å². The van der Waals surface area contributed by atoms with Gasteiger partial charge in [-0.3, -0.25) is 9.69 Å². The van der Waals surface area contributed by atoms with Crippen molar-refractivity contribution in [1.82, 2.24) is 10.2 Å². The molecule has 1 N–H and O–H groups in total. The van der Waals surface area contributed by atoms with Crippen LogP contribution in [0.25, 0.3) is 11.1 Å². The molecule has 2 aromatic rings. The summed E-state index contributed by atoms with van der Waals surface area (Å²) in [6.45, 7) is 4.66. The minimum absolute atomic E-state index is 0.0252. The second kappa shape index (κ2) is 8.17. The van der Waals surface area contributed by atoms with Gasteiger partial charge in [-0.05, 0) is 56.1 Å². The number of benzene rings is 2. The number of nitrogens with one attached hydrogen (secondary N) is 1. The van der Waals surface area contributed by atoms with Crippen molar-refractivity contribution in [2.45, 2.75) is 25.8 Å². The maximum Gasteiger partial charge on any atom is 0.257 e. The molecule has 0 saturated carbocycles. The van der Waals surface area contributed by atoms with Crippen LogP contribution in [0.2, 0.25) is 0 Å². The van der Waals surface area contributed by atoms with E-state index in [1.54, 1.807) is 7.05 Å². The molecule has 1 aliphatic rings. The van der Waals surface area contributed by atoms with Gasteiger partial charge in [0.05, 0.1) is 0 Å². The highest BCUT2D eigenvalue weighted by Crippen LogP contribution is 2.33. The van der Waals surface area contributed by atoms with Crippen LogP contribution in [0.1, 0.15) is 31.4 Å². The number of carbonyl (C=O) groups is 1. The van der Waals surface area contributed by atoms with Crippen molar-refractivity contribution in [2.24, 2.45) is 0 Å². The Morgan fingerprint density at radius 3 is 2.68 bits per heavy atom. The number of hydrogen-bond acceptors (Lipinski definition) is 3. The first-order valence-corrected chi connectivity index (χ1v) is 8.96. The largest absolute Gasteiger partial charge is 0.483 e. The summed E-state index contributed by atoms with van der Waals surface area (Å²) in [6.07, 6.45) is 2.58. The van der Waals surface area contributed by atoms with Gasteiger partial charge >= 0.3 is 0 Å². The number of rotatable bonds is 6. The Labute approximate surface area is 149 Å². The van der Waals surface area contributed by atoms with Crippen molar-refractivity contribution in [3.05, 3.63) is 54.1 Å². The maximum atomic E-state index is 11.5. The van der Waals surface area contributed by atoms with Crippen LogP contribution in [-0.4, -0.2) is 37.6 Å². The summed E-state index contributed by atoms with van der Waals surface area (Å²) in [6, 6.07) is 16.9. The highest BCUT2D eigenvalue weighted by atomic mass is 16.5. The van der Waals surface area contributed by atoms with E-state index in [-0.39, 0.29) is 12.5 Å². The Morgan fingerprint density at radius 1 is 1.16 bits per heavy atom. The minimum Gasteiger partial charge on any atom is -0.483 e. The standard InChI is InChI=1S/C21H26N2O2/c1-16(23-12-5-6-13-23)17-8-7-9-18(14-17)19-10-3-4-11-20(19)25-15-21(24)22-2/h3-4,7-11,14,16H,5-6,12-13,15H2,1-2H3,(H,22,24). The Balaban J connectivity index is 1.84. The van der Waals surface area contributed by atoms with Crippen molar-refractivity contribution in [1.29, 1.82) is 0 Å². The molecule has 0 aliphatic carbocycles. The van der Waals surface area contributed by atoms with Crippen molar-refractivity contribution < 1.29 is 9.53 Å². The van der Waals surface area contributed by atoms with Gasteiger partial charge in [0.2, 0.25) is 0 Å². The summed E-state index contributed by atoms with van der Waals surface area (Å²) in [7, 11) is 1.61. The highest BCUT2D eigenvalue weighted by molar-refractivity contribution is 5.78. The van der Waals surface area contributed by atoms with Gasteiger partial charge < -0.3 is 10.1 Å². The zero-order valence-electron chi connectivity index (χ0n) is 15.0. The van der Waals surface area contributed by atoms with Crippen molar-refractivity contribution in [3.63, 3.8) is 0 Å². The molecule has 4 nitrogen and oxygen atoms in total. The van der Waals surface area contributed by atoms with Crippen LogP contribution in [0.5, 0.6) is 5.75 Å². The predicted molar refractivity (Wildman–Crippen MR) is 101 cm³/mol. The van der Waals surface area contributed by atoms with Crippen LogP contribution in [0.4, 0.5) is 0 Å². The predicted octanol–water partition coefficient (Wildman–Crippen LogP) is 3.64. The Morgan fingerprint density at radius 2 is 1.92 bits per heavy atom. The Hall–Kier alpha value is -2.33. The zero-order chi connectivity index (χ0) is 17.6. The number of likely N-dealkylation sites (tertiary alicyclic amines) is 1. The summed E-state index contributed by atoms with van der Waals surface area (Å²) < 4.78 is 5.72. The lowest BCUT2D eigenvalue weighted by Gasteiger charge is -2.24. The molecule has 4 heteroatoms. The minimum atomic E-state index is -0.133. The molecule has 0 radical (unpaired) electrons. The molecular weight excluding hydrogens is 312 g/mol. The molecule has 1 unspecified atom stereocenters. The molecule has 1 amide bonds. The Kier molecular flexibility index (Phi) is 5.71. The van der Waals surface area contributed by atoms with Crippen LogP contribution < -0.4 is 10.1 Å². The van der Waals surface area contributed by atoms with Crippen LogP contribution in [0.15, 0.2) is 48.5 Å². The quantitative estimate of drug-likeness (QED) is 0.874. The smallest absolute Gasteiger partial charge is 0.257 e. The first-order chi connectivity index (χ1) is 12.2.